The summed E-state index contributed by atoms with van der Waals surface area (Å²) in [5.41, 5.74) is 3.64. The monoisotopic (exact) mass is 513 g/mol. The van der Waals surface area contributed by atoms with Gasteiger partial charge in [0.25, 0.3) is 0 Å². The number of benzene rings is 3. The summed E-state index contributed by atoms with van der Waals surface area (Å²) in [5, 5.41) is 10.9. The van der Waals surface area contributed by atoms with E-state index in [0.717, 1.165) is 33.6 Å². The minimum absolute atomic E-state index is 0.180. The van der Waals surface area contributed by atoms with Gasteiger partial charge in [-0.25, -0.2) is 9.61 Å². The Kier molecular flexibility index (Phi) is 6.32. The van der Waals surface area contributed by atoms with Crippen LogP contribution in [-0.4, -0.2) is 20.4 Å². The Labute approximate surface area is 206 Å². The molecule has 6 nitrogen and oxygen atoms in total. The Morgan fingerprint density at radius 1 is 1.00 bits per heavy atom. The van der Waals surface area contributed by atoms with Crippen molar-refractivity contribution in [2.45, 2.75) is 11.5 Å². The molecule has 0 atom stereocenters. The molecular weight excluding hydrogens is 501 g/mol. The van der Waals surface area contributed by atoms with Crippen molar-refractivity contribution in [3.8, 4) is 16.3 Å². The van der Waals surface area contributed by atoms with E-state index < -0.39 is 0 Å². The van der Waals surface area contributed by atoms with Gasteiger partial charge in [0, 0.05) is 20.9 Å². The zero-order valence-electron chi connectivity index (χ0n) is 16.7. The second kappa shape index (κ2) is 9.52. The van der Waals surface area contributed by atoms with E-state index in [1.54, 1.807) is 23.6 Å². The molecule has 2 aromatic heterocycles. The van der Waals surface area contributed by atoms with Crippen molar-refractivity contribution in [3.05, 3.63) is 87.3 Å². The first-order valence-corrected chi connectivity index (χ1v) is 12.1. The normalized spacial score (nSPS) is 11.1. The van der Waals surface area contributed by atoms with Crippen LogP contribution in [0.25, 0.3) is 21.6 Å². The van der Waals surface area contributed by atoms with Gasteiger partial charge in [0.1, 0.15) is 34.1 Å². The Bertz CT molecular complexity index is 1450. The quantitative estimate of drug-likeness (QED) is 0.222. The van der Waals surface area contributed by atoms with E-state index in [1.165, 1.54) is 11.3 Å². The van der Waals surface area contributed by atoms with Crippen LogP contribution in [0.3, 0.4) is 0 Å². The van der Waals surface area contributed by atoms with Crippen molar-refractivity contribution >= 4 is 62.4 Å². The van der Waals surface area contributed by atoms with Gasteiger partial charge in [-0.3, -0.25) is 4.79 Å². The summed E-state index contributed by atoms with van der Waals surface area (Å²) in [7, 11) is 0. The lowest BCUT2D eigenvalue weighted by Gasteiger charge is -2.06. The third-order valence-corrected chi connectivity index (χ3v) is 7.16. The lowest BCUT2D eigenvalue weighted by atomic mass is 10.2. The number of hydrogen-bond acceptors (Lipinski definition) is 8. The first-order valence-electron chi connectivity index (χ1n) is 9.62. The highest BCUT2D eigenvalue weighted by molar-refractivity contribution is 8.14. The molecule has 0 unspecified atom stereocenters. The molecule has 0 radical (unpaired) electrons. The summed E-state index contributed by atoms with van der Waals surface area (Å²) in [6, 6.07) is 18.2. The maximum Gasteiger partial charge on any atom is 0.243 e. The third-order valence-electron chi connectivity index (χ3n) is 4.63. The topological polar surface area (TPSA) is 78.1 Å². The zero-order chi connectivity index (χ0) is 22.8. The van der Waals surface area contributed by atoms with E-state index in [1.807, 2.05) is 42.5 Å². The van der Waals surface area contributed by atoms with Gasteiger partial charge in [-0.1, -0.05) is 29.3 Å². The van der Waals surface area contributed by atoms with Crippen LogP contribution < -0.4 is 4.74 Å². The first-order chi connectivity index (χ1) is 16.0. The number of nitrogens with zero attached hydrogens (tertiary/aromatic N) is 3. The molecule has 0 fully saturated rings. The van der Waals surface area contributed by atoms with Gasteiger partial charge in [0.15, 0.2) is 0 Å². The summed E-state index contributed by atoms with van der Waals surface area (Å²) in [4.78, 5) is 17.7. The fourth-order valence-electron chi connectivity index (χ4n) is 2.99. The molecule has 0 aliphatic carbocycles. The molecule has 5 rings (SSSR count). The Morgan fingerprint density at radius 2 is 1.82 bits per heavy atom. The summed E-state index contributed by atoms with van der Waals surface area (Å²) in [6.45, 7) is 0.391. The van der Waals surface area contributed by atoms with Crippen LogP contribution >= 0.6 is 46.3 Å². The predicted octanol–water partition coefficient (Wildman–Crippen LogP) is 7.16. The minimum atomic E-state index is -0.180. The highest BCUT2D eigenvalue weighted by Gasteiger charge is 2.15. The number of halogens is 2. The number of thiazole rings is 1. The number of carbonyl (C=O) groups is 1. The number of ether oxygens (including phenoxy) is 1. The summed E-state index contributed by atoms with van der Waals surface area (Å²) in [6.07, 6.45) is 0. The second-order valence-electron chi connectivity index (χ2n) is 6.90. The molecule has 33 heavy (non-hydrogen) atoms. The number of aromatic nitrogens is 3. The fraction of sp³-hybridized carbons (Fsp3) is 0.0435. The average molecular weight is 514 g/mol. The maximum absolute atomic E-state index is 12.6. The van der Waals surface area contributed by atoms with E-state index in [4.69, 9.17) is 32.6 Å². The van der Waals surface area contributed by atoms with Gasteiger partial charge in [-0.05, 0) is 82.2 Å². The SMILES string of the molecule is O=C(Sc1ccc(Cl)cc1Cl)c1csc(-c2ccc(OCc3ccc4nonc4c3)cc2)n1. The standard InChI is InChI=1S/C23H13Cl2N3O3S2/c24-15-4-8-21(17(25)10-15)33-23(29)20-12-32-22(26-20)14-2-5-16(6-3-14)30-11-13-1-7-18-19(9-13)28-31-27-18/h1-10,12H,11H2. The Morgan fingerprint density at radius 3 is 2.64 bits per heavy atom. The molecule has 0 N–H and O–H groups in total. The van der Waals surface area contributed by atoms with Crippen molar-refractivity contribution in [2.24, 2.45) is 0 Å². The number of fused-ring (bicyclic) bond motifs is 1. The fourth-order valence-corrected chi connectivity index (χ4v) is 5.09. The van der Waals surface area contributed by atoms with Crippen molar-refractivity contribution in [1.29, 1.82) is 0 Å². The molecule has 2 heterocycles. The molecule has 0 aliphatic heterocycles. The van der Waals surface area contributed by atoms with Gasteiger partial charge in [0.05, 0.1) is 5.02 Å². The maximum atomic E-state index is 12.6. The molecule has 3 aromatic carbocycles. The van der Waals surface area contributed by atoms with E-state index in [-0.39, 0.29) is 5.12 Å². The number of hydrogen-bond donors (Lipinski definition) is 0. The summed E-state index contributed by atoms with van der Waals surface area (Å²) in [5.74, 6) is 0.720. The van der Waals surface area contributed by atoms with E-state index in [0.29, 0.717) is 38.3 Å². The van der Waals surface area contributed by atoms with Gasteiger partial charge < -0.3 is 4.74 Å². The third kappa shape index (κ3) is 5.04. The number of rotatable bonds is 6. The summed E-state index contributed by atoms with van der Waals surface area (Å²) < 4.78 is 10.6. The van der Waals surface area contributed by atoms with Crippen LogP contribution in [0.2, 0.25) is 10.0 Å². The lowest BCUT2D eigenvalue weighted by Crippen LogP contribution is -1.95. The average Bonchev–Trinajstić information content (AvgIpc) is 3.49. The first kappa shape index (κ1) is 21.9. The van der Waals surface area contributed by atoms with Crippen LogP contribution in [0, 0.1) is 0 Å². The van der Waals surface area contributed by atoms with Crippen molar-refractivity contribution in [1.82, 2.24) is 15.3 Å². The van der Waals surface area contributed by atoms with Crippen LogP contribution in [0.4, 0.5) is 0 Å². The molecule has 10 heteroatoms. The van der Waals surface area contributed by atoms with Crippen LogP contribution in [0.1, 0.15) is 16.1 Å². The minimum Gasteiger partial charge on any atom is -0.489 e. The molecule has 0 amide bonds. The molecule has 0 spiro atoms. The van der Waals surface area contributed by atoms with Crippen molar-refractivity contribution < 1.29 is 14.2 Å². The molecule has 0 aliphatic rings. The Hall–Kier alpha value is -2.91. The van der Waals surface area contributed by atoms with Crippen molar-refractivity contribution in [3.63, 3.8) is 0 Å². The van der Waals surface area contributed by atoms with Crippen LogP contribution in [0.5, 0.6) is 5.75 Å². The van der Waals surface area contributed by atoms with E-state index in [2.05, 4.69) is 15.3 Å². The van der Waals surface area contributed by atoms with Gasteiger partial charge in [-0.15, -0.1) is 11.3 Å². The largest absolute Gasteiger partial charge is 0.489 e. The smallest absolute Gasteiger partial charge is 0.243 e. The Balaban J connectivity index is 1.23. The molecule has 5 aromatic rings. The molecule has 0 saturated heterocycles. The molecule has 0 saturated carbocycles. The molecular formula is C23H13Cl2N3O3S2. The highest BCUT2D eigenvalue weighted by atomic mass is 35.5. The molecule has 164 valence electrons. The lowest BCUT2D eigenvalue weighted by molar-refractivity contribution is 0.108. The highest BCUT2D eigenvalue weighted by Crippen LogP contribution is 2.33. The zero-order valence-corrected chi connectivity index (χ0v) is 19.8. The predicted molar refractivity (Wildman–Crippen MR) is 130 cm³/mol. The van der Waals surface area contributed by atoms with Crippen LogP contribution in [-0.2, 0) is 6.61 Å². The number of thioether (sulfide) groups is 1. The number of carbonyl (C=O) groups excluding carboxylic acids is 1. The van der Waals surface area contributed by atoms with E-state index in [9.17, 15) is 4.79 Å². The van der Waals surface area contributed by atoms with E-state index >= 15 is 0 Å². The molecule has 0 bridgehead atoms. The van der Waals surface area contributed by atoms with Crippen molar-refractivity contribution in [2.75, 3.05) is 0 Å². The van der Waals surface area contributed by atoms with Gasteiger partial charge in [0.2, 0.25) is 5.12 Å². The second-order valence-corrected chi connectivity index (χ2v) is 9.62. The van der Waals surface area contributed by atoms with Crippen LogP contribution in [0.15, 0.2) is 75.6 Å². The summed E-state index contributed by atoms with van der Waals surface area (Å²) >= 11 is 14.5. The van der Waals surface area contributed by atoms with Gasteiger partial charge in [-0.2, -0.15) is 0 Å². The van der Waals surface area contributed by atoms with Gasteiger partial charge >= 0.3 is 0 Å².